The van der Waals surface area contributed by atoms with Gasteiger partial charge in [0.2, 0.25) is 11.8 Å². The maximum atomic E-state index is 12.7. The molecule has 1 fully saturated rings. The first-order chi connectivity index (χ1) is 14.4. The van der Waals surface area contributed by atoms with Crippen LogP contribution in [0.1, 0.15) is 38.2 Å². The highest BCUT2D eigenvalue weighted by Crippen LogP contribution is 2.21. The molecule has 7 heteroatoms. The van der Waals surface area contributed by atoms with Gasteiger partial charge in [0.05, 0.1) is 17.0 Å². The molecule has 2 amide bonds. The van der Waals surface area contributed by atoms with Crippen LogP contribution in [0.2, 0.25) is 5.02 Å². The minimum Gasteiger partial charge on any atom is -0.354 e. The van der Waals surface area contributed by atoms with Crippen LogP contribution in [0.4, 0.5) is 5.82 Å². The van der Waals surface area contributed by atoms with Gasteiger partial charge < -0.3 is 10.6 Å². The van der Waals surface area contributed by atoms with Crippen molar-refractivity contribution in [2.24, 2.45) is 5.92 Å². The second-order valence-electron chi connectivity index (χ2n) is 7.92. The second kappa shape index (κ2) is 10.5. The molecular weight excluding hydrogens is 400 g/mol. The zero-order valence-corrected chi connectivity index (χ0v) is 18.2. The van der Waals surface area contributed by atoms with E-state index in [2.05, 4.69) is 39.6 Å². The molecule has 0 radical (unpaired) electrons. The zero-order valence-electron chi connectivity index (χ0n) is 17.5. The highest BCUT2D eigenvalue weighted by Gasteiger charge is 2.31. The fraction of sp³-hybridized carbons (Fsp3) is 0.435. The number of halogens is 1. The van der Waals surface area contributed by atoms with Gasteiger partial charge in [-0.15, -0.1) is 0 Å². The average Bonchev–Trinajstić information content (AvgIpc) is 2.78. The first-order valence-electron chi connectivity index (χ1n) is 10.4. The molecule has 1 aromatic heterocycles. The lowest BCUT2D eigenvalue weighted by atomic mass is 9.95. The second-order valence-corrected chi connectivity index (χ2v) is 8.35. The van der Waals surface area contributed by atoms with Crippen LogP contribution in [0.5, 0.6) is 0 Å². The van der Waals surface area contributed by atoms with Crippen LogP contribution < -0.4 is 10.6 Å². The number of aromatic nitrogens is 1. The summed E-state index contributed by atoms with van der Waals surface area (Å²) < 4.78 is 0. The molecule has 2 aromatic rings. The van der Waals surface area contributed by atoms with Crippen LogP contribution in [0.3, 0.4) is 0 Å². The van der Waals surface area contributed by atoms with Gasteiger partial charge in [-0.25, -0.2) is 4.98 Å². The van der Waals surface area contributed by atoms with Crippen molar-refractivity contribution in [1.82, 2.24) is 15.2 Å². The number of hydrogen-bond acceptors (Lipinski definition) is 4. The van der Waals surface area contributed by atoms with Crippen molar-refractivity contribution in [3.8, 4) is 0 Å². The SMILES string of the molecule is CC(CNC(=O)C(C)N1CCCC(C(=O)Nc2ccc(Cl)cn2)C1)c1ccccc1. The van der Waals surface area contributed by atoms with E-state index in [-0.39, 0.29) is 29.7 Å². The Labute approximate surface area is 183 Å². The Morgan fingerprint density at radius 2 is 1.97 bits per heavy atom. The van der Waals surface area contributed by atoms with Crippen molar-refractivity contribution < 1.29 is 9.59 Å². The van der Waals surface area contributed by atoms with Crippen molar-refractivity contribution in [2.75, 3.05) is 25.0 Å². The minimum absolute atomic E-state index is 0.00166. The van der Waals surface area contributed by atoms with Gasteiger partial charge in [0.25, 0.3) is 0 Å². The van der Waals surface area contributed by atoms with Gasteiger partial charge in [-0.2, -0.15) is 0 Å². The van der Waals surface area contributed by atoms with E-state index in [1.807, 2.05) is 25.1 Å². The average molecular weight is 429 g/mol. The molecule has 2 heterocycles. The number of pyridine rings is 1. The van der Waals surface area contributed by atoms with E-state index in [0.29, 0.717) is 23.9 Å². The lowest BCUT2D eigenvalue weighted by molar-refractivity contribution is -0.129. The predicted octanol–water partition coefficient (Wildman–Crippen LogP) is 3.69. The number of hydrogen-bond donors (Lipinski definition) is 2. The molecular formula is C23H29ClN4O2. The Morgan fingerprint density at radius 3 is 2.67 bits per heavy atom. The molecule has 1 aromatic carbocycles. The van der Waals surface area contributed by atoms with E-state index in [9.17, 15) is 9.59 Å². The van der Waals surface area contributed by atoms with E-state index in [1.54, 1.807) is 12.1 Å². The number of nitrogens with zero attached hydrogens (tertiary/aromatic N) is 2. The number of likely N-dealkylation sites (tertiary alicyclic amines) is 1. The summed E-state index contributed by atoms with van der Waals surface area (Å²) in [5.41, 5.74) is 1.20. The molecule has 1 aliphatic heterocycles. The monoisotopic (exact) mass is 428 g/mol. The van der Waals surface area contributed by atoms with Crippen LogP contribution in [0.15, 0.2) is 48.7 Å². The maximum Gasteiger partial charge on any atom is 0.237 e. The topological polar surface area (TPSA) is 74.3 Å². The third-order valence-corrected chi connectivity index (χ3v) is 5.90. The Bertz CT molecular complexity index is 844. The molecule has 0 saturated carbocycles. The van der Waals surface area contributed by atoms with Gasteiger partial charge >= 0.3 is 0 Å². The Morgan fingerprint density at radius 1 is 1.20 bits per heavy atom. The largest absolute Gasteiger partial charge is 0.354 e. The van der Waals surface area contributed by atoms with Gasteiger partial charge in [-0.1, -0.05) is 48.9 Å². The number of benzene rings is 1. The molecule has 3 atom stereocenters. The van der Waals surface area contributed by atoms with Crippen LogP contribution in [0, 0.1) is 5.92 Å². The standard InChI is InChI=1S/C23H29ClN4O2/c1-16(18-7-4-3-5-8-18)13-26-22(29)17(2)28-12-6-9-19(15-28)23(30)27-21-11-10-20(24)14-25-21/h3-5,7-8,10-11,14,16-17,19H,6,9,12-13,15H2,1-2H3,(H,26,29)(H,25,27,30). The van der Waals surface area contributed by atoms with Gasteiger partial charge in [0.15, 0.2) is 0 Å². The number of anilines is 1. The molecule has 6 nitrogen and oxygen atoms in total. The Balaban J connectivity index is 1.50. The highest BCUT2D eigenvalue weighted by atomic mass is 35.5. The van der Waals surface area contributed by atoms with E-state index in [1.165, 1.54) is 11.8 Å². The van der Waals surface area contributed by atoms with Gasteiger partial charge in [0, 0.05) is 19.3 Å². The molecule has 0 aliphatic carbocycles. The maximum absolute atomic E-state index is 12.7. The lowest BCUT2D eigenvalue weighted by Crippen LogP contribution is -2.51. The summed E-state index contributed by atoms with van der Waals surface area (Å²) in [4.78, 5) is 31.6. The van der Waals surface area contributed by atoms with E-state index in [0.717, 1.165) is 19.4 Å². The molecule has 160 valence electrons. The van der Waals surface area contributed by atoms with E-state index in [4.69, 9.17) is 11.6 Å². The molecule has 3 rings (SSSR count). The Kier molecular flexibility index (Phi) is 7.82. The summed E-state index contributed by atoms with van der Waals surface area (Å²) in [5, 5.41) is 6.44. The fourth-order valence-corrected chi connectivity index (χ4v) is 3.83. The van der Waals surface area contributed by atoms with E-state index >= 15 is 0 Å². The summed E-state index contributed by atoms with van der Waals surface area (Å²) in [6.45, 7) is 5.97. The third-order valence-electron chi connectivity index (χ3n) is 5.68. The molecule has 1 saturated heterocycles. The predicted molar refractivity (Wildman–Crippen MR) is 120 cm³/mol. The first-order valence-corrected chi connectivity index (χ1v) is 10.8. The fourth-order valence-electron chi connectivity index (χ4n) is 3.72. The van der Waals surface area contributed by atoms with Gasteiger partial charge in [-0.3, -0.25) is 14.5 Å². The molecule has 3 unspecified atom stereocenters. The number of amides is 2. The highest BCUT2D eigenvalue weighted by molar-refractivity contribution is 6.30. The lowest BCUT2D eigenvalue weighted by Gasteiger charge is -2.35. The molecule has 0 spiro atoms. The smallest absolute Gasteiger partial charge is 0.237 e. The normalized spacial score (nSPS) is 19.0. The molecule has 0 bridgehead atoms. The van der Waals surface area contributed by atoms with Crippen molar-refractivity contribution in [2.45, 2.75) is 38.6 Å². The summed E-state index contributed by atoms with van der Waals surface area (Å²) in [7, 11) is 0. The van der Waals surface area contributed by atoms with Crippen molar-refractivity contribution in [3.05, 3.63) is 59.2 Å². The zero-order chi connectivity index (χ0) is 21.5. The number of carbonyl (C=O) groups is 2. The van der Waals surface area contributed by atoms with Gasteiger partial charge in [0.1, 0.15) is 5.82 Å². The Hall–Kier alpha value is -2.44. The number of carbonyl (C=O) groups excluding carboxylic acids is 2. The molecule has 30 heavy (non-hydrogen) atoms. The van der Waals surface area contributed by atoms with Crippen LogP contribution in [0.25, 0.3) is 0 Å². The third kappa shape index (κ3) is 6.03. The van der Waals surface area contributed by atoms with E-state index < -0.39 is 0 Å². The number of rotatable bonds is 7. The van der Waals surface area contributed by atoms with Crippen LogP contribution >= 0.6 is 11.6 Å². The van der Waals surface area contributed by atoms with Crippen molar-refractivity contribution in [3.63, 3.8) is 0 Å². The first kappa shape index (κ1) is 22.2. The van der Waals surface area contributed by atoms with Crippen LogP contribution in [-0.2, 0) is 9.59 Å². The number of nitrogens with one attached hydrogen (secondary N) is 2. The van der Waals surface area contributed by atoms with Gasteiger partial charge in [-0.05, 0) is 49.9 Å². The number of piperidine rings is 1. The minimum atomic E-state index is -0.280. The van der Waals surface area contributed by atoms with Crippen molar-refractivity contribution in [1.29, 1.82) is 0 Å². The summed E-state index contributed by atoms with van der Waals surface area (Å²) in [5.74, 6) is 0.490. The molecule has 1 aliphatic rings. The van der Waals surface area contributed by atoms with Crippen LogP contribution in [-0.4, -0.2) is 47.4 Å². The summed E-state index contributed by atoms with van der Waals surface area (Å²) in [6.07, 6.45) is 3.19. The quantitative estimate of drug-likeness (QED) is 0.705. The summed E-state index contributed by atoms with van der Waals surface area (Å²) >= 11 is 5.84. The summed E-state index contributed by atoms with van der Waals surface area (Å²) in [6, 6.07) is 13.3. The van der Waals surface area contributed by atoms with Crippen molar-refractivity contribution >= 4 is 29.2 Å². The molecule has 2 N–H and O–H groups in total.